The molecule has 0 saturated heterocycles. The molecule has 0 radical (unpaired) electrons. The van der Waals surface area contributed by atoms with Crippen LogP contribution in [0.25, 0.3) is 0 Å². The molecule has 0 aliphatic rings. The number of carbonyl (C=O) groups is 3. The van der Waals surface area contributed by atoms with Gasteiger partial charge in [0.15, 0.2) is 0 Å². The molecule has 7 heteroatoms. The summed E-state index contributed by atoms with van der Waals surface area (Å²) < 4.78 is 5.02. The van der Waals surface area contributed by atoms with Crippen LogP contribution in [0.4, 0.5) is 4.79 Å². The van der Waals surface area contributed by atoms with E-state index in [9.17, 15) is 14.4 Å². The quantitative estimate of drug-likeness (QED) is 0.598. The summed E-state index contributed by atoms with van der Waals surface area (Å²) in [5.41, 5.74) is -0.543. The van der Waals surface area contributed by atoms with Gasteiger partial charge in [-0.2, -0.15) is 0 Å². The smallest absolute Gasteiger partial charge is 0.407 e. The topological polar surface area (TPSA) is 105 Å². The lowest BCUT2D eigenvalue weighted by Crippen LogP contribution is -2.33. The number of alkyl carbamates (subject to hydrolysis) is 1. The van der Waals surface area contributed by atoms with Crippen LogP contribution in [-0.2, 0) is 14.3 Å². The molecule has 0 aliphatic carbocycles. The van der Waals surface area contributed by atoms with Crippen LogP contribution in [-0.4, -0.2) is 41.8 Å². The number of hydrogen-bond acceptors (Lipinski definition) is 4. The van der Waals surface area contributed by atoms with Gasteiger partial charge in [0, 0.05) is 19.5 Å². The number of hydrogen-bond donors (Lipinski definition) is 3. The number of amides is 2. The van der Waals surface area contributed by atoms with Gasteiger partial charge in [0.25, 0.3) is 0 Å². The maximum absolute atomic E-state index is 11.3. The monoisotopic (exact) mass is 274 g/mol. The van der Waals surface area contributed by atoms with E-state index >= 15 is 0 Å². The molecule has 7 nitrogen and oxygen atoms in total. The van der Waals surface area contributed by atoms with Gasteiger partial charge in [-0.15, -0.1) is 0 Å². The fourth-order valence-corrected chi connectivity index (χ4v) is 1.15. The summed E-state index contributed by atoms with van der Waals surface area (Å²) in [4.78, 5) is 32.7. The average molecular weight is 274 g/mol. The zero-order chi connectivity index (χ0) is 14.9. The van der Waals surface area contributed by atoms with Crippen molar-refractivity contribution in [2.45, 2.75) is 45.6 Å². The van der Waals surface area contributed by atoms with Crippen LogP contribution in [0.5, 0.6) is 0 Å². The lowest BCUT2D eigenvalue weighted by molar-refractivity contribution is -0.136. The lowest BCUT2D eigenvalue weighted by atomic mass is 10.2. The van der Waals surface area contributed by atoms with Gasteiger partial charge in [0.1, 0.15) is 5.60 Å². The van der Waals surface area contributed by atoms with E-state index in [2.05, 4.69) is 10.6 Å². The molecule has 19 heavy (non-hydrogen) atoms. The molecule has 0 bridgehead atoms. The van der Waals surface area contributed by atoms with E-state index in [4.69, 9.17) is 9.84 Å². The van der Waals surface area contributed by atoms with Gasteiger partial charge >= 0.3 is 12.1 Å². The molecule has 0 atom stereocenters. The summed E-state index contributed by atoms with van der Waals surface area (Å²) >= 11 is 0. The third kappa shape index (κ3) is 12.5. The van der Waals surface area contributed by atoms with Crippen molar-refractivity contribution in [1.82, 2.24) is 10.6 Å². The highest BCUT2D eigenvalue weighted by Gasteiger charge is 2.15. The summed E-state index contributed by atoms with van der Waals surface area (Å²) in [6, 6.07) is 0. The number of carboxylic acids is 1. The maximum atomic E-state index is 11.3. The predicted octanol–water partition coefficient (Wildman–Crippen LogP) is 0.882. The molecule has 110 valence electrons. The molecule has 0 fully saturated rings. The van der Waals surface area contributed by atoms with Gasteiger partial charge in [0.2, 0.25) is 5.91 Å². The van der Waals surface area contributed by atoms with Crippen LogP contribution in [0.15, 0.2) is 0 Å². The van der Waals surface area contributed by atoms with Gasteiger partial charge in [-0.25, -0.2) is 4.79 Å². The minimum absolute atomic E-state index is 0.0953. The molecular formula is C12H22N2O5. The van der Waals surface area contributed by atoms with Crippen LogP contribution >= 0.6 is 0 Å². The van der Waals surface area contributed by atoms with Crippen LogP contribution in [0.3, 0.4) is 0 Å². The van der Waals surface area contributed by atoms with Crippen molar-refractivity contribution in [3.63, 3.8) is 0 Å². The van der Waals surface area contributed by atoms with Crippen LogP contribution in [0.2, 0.25) is 0 Å². The Morgan fingerprint density at radius 3 is 2.21 bits per heavy atom. The molecule has 2 amide bonds. The zero-order valence-corrected chi connectivity index (χ0v) is 11.6. The van der Waals surface area contributed by atoms with Crippen LogP contribution in [0.1, 0.15) is 40.0 Å². The fraction of sp³-hybridized carbons (Fsp3) is 0.750. The second-order valence-corrected chi connectivity index (χ2v) is 5.03. The highest BCUT2D eigenvalue weighted by Crippen LogP contribution is 2.06. The highest BCUT2D eigenvalue weighted by atomic mass is 16.6. The first-order chi connectivity index (χ1) is 8.70. The average Bonchev–Trinajstić information content (AvgIpc) is 2.21. The Morgan fingerprint density at radius 1 is 1.05 bits per heavy atom. The van der Waals surface area contributed by atoms with E-state index in [0.717, 1.165) is 0 Å². The van der Waals surface area contributed by atoms with Gasteiger partial charge < -0.3 is 20.5 Å². The minimum Gasteiger partial charge on any atom is -0.481 e. The molecule has 0 aromatic heterocycles. The Morgan fingerprint density at radius 2 is 1.68 bits per heavy atom. The van der Waals surface area contributed by atoms with Gasteiger partial charge in [-0.1, -0.05) is 0 Å². The van der Waals surface area contributed by atoms with Gasteiger partial charge in [0.05, 0.1) is 6.42 Å². The van der Waals surface area contributed by atoms with Crippen molar-refractivity contribution in [3.8, 4) is 0 Å². The largest absolute Gasteiger partial charge is 0.481 e. The second kappa shape index (κ2) is 8.34. The summed E-state index contributed by atoms with van der Waals surface area (Å²) in [5, 5.41) is 13.4. The van der Waals surface area contributed by atoms with Gasteiger partial charge in [-0.05, 0) is 27.2 Å². The number of aliphatic carboxylic acids is 1. The summed E-state index contributed by atoms with van der Waals surface area (Å²) in [6.07, 6.45) is 0.0916. The minimum atomic E-state index is -0.952. The Hall–Kier alpha value is -1.79. The lowest BCUT2D eigenvalue weighted by Gasteiger charge is -2.19. The number of carbonyl (C=O) groups excluding carboxylic acids is 2. The predicted molar refractivity (Wildman–Crippen MR) is 68.7 cm³/mol. The molecule has 0 aromatic carbocycles. The fourth-order valence-electron chi connectivity index (χ4n) is 1.15. The Balaban J connectivity index is 3.56. The molecule has 0 unspecified atom stereocenters. The molecule has 0 heterocycles. The van der Waals surface area contributed by atoms with E-state index < -0.39 is 17.7 Å². The van der Waals surface area contributed by atoms with E-state index in [0.29, 0.717) is 13.0 Å². The van der Waals surface area contributed by atoms with Crippen molar-refractivity contribution in [3.05, 3.63) is 0 Å². The summed E-state index contributed by atoms with van der Waals surface area (Å²) in [7, 11) is 0. The Labute approximate surface area is 112 Å². The van der Waals surface area contributed by atoms with Crippen molar-refractivity contribution in [2.24, 2.45) is 0 Å². The summed E-state index contributed by atoms with van der Waals surface area (Å²) in [5.74, 6) is -1.18. The normalized spacial score (nSPS) is 10.7. The maximum Gasteiger partial charge on any atom is 0.407 e. The van der Waals surface area contributed by atoms with Crippen molar-refractivity contribution >= 4 is 18.0 Å². The van der Waals surface area contributed by atoms with Crippen LogP contribution in [0, 0.1) is 0 Å². The molecule has 0 spiro atoms. The molecule has 0 aromatic rings. The SMILES string of the molecule is CC(C)(C)OC(=O)NCCCC(=O)NCCC(=O)O. The molecule has 3 N–H and O–H groups in total. The summed E-state index contributed by atoms with van der Waals surface area (Å²) in [6.45, 7) is 5.75. The Bertz CT molecular complexity index is 323. The van der Waals surface area contributed by atoms with Crippen LogP contribution < -0.4 is 10.6 Å². The number of ether oxygens (including phenoxy) is 1. The molecule has 0 saturated carbocycles. The van der Waals surface area contributed by atoms with Crippen molar-refractivity contribution in [1.29, 1.82) is 0 Å². The van der Waals surface area contributed by atoms with E-state index in [1.807, 2.05) is 0 Å². The third-order valence-corrected chi connectivity index (χ3v) is 1.91. The number of nitrogens with one attached hydrogen (secondary N) is 2. The van der Waals surface area contributed by atoms with E-state index in [-0.39, 0.29) is 25.3 Å². The van der Waals surface area contributed by atoms with Crippen molar-refractivity contribution < 1.29 is 24.2 Å². The number of rotatable bonds is 7. The number of carboxylic acid groups (broad SMARTS) is 1. The highest BCUT2D eigenvalue weighted by molar-refractivity contribution is 5.76. The van der Waals surface area contributed by atoms with E-state index in [1.165, 1.54) is 0 Å². The molecule has 0 aliphatic heterocycles. The first kappa shape index (κ1) is 17.2. The molecule has 0 rings (SSSR count). The third-order valence-electron chi connectivity index (χ3n) is 1.91. The first-order valence-corrected chi connectivity index (χ1v) is 6.16. The molecular weight excluding hydrogens is 252 g/mol. The zero-order valence-electron chi connectivity index (χ0n) is 11.6. The van der Waals surface area contributed by atoms with Gasteiger partial charge in [-0.3, -0.25) is 9.59 Å². The second-order valence-electron chi connectivity index (χ2n) is 5.03. The van der Waals surface area contributed by atoms with E-state index in [1.54, 1.807) is 20.8 Å². The first-order valence-electron chi connectivity index (χ1n) is 6.16. The standard InChI is InChI=1S/C12H22N2O5/c1-12(2,3)19-11(18)14-7-4-5-9(15)13-8-6-10(16)17/h4-8H2,1-3H3,(H,13,15)(H,14,18)(H,16,17). The van der Waals surface area contributed by atoms with Crippen molar-refractivity contribution in [2.75, 3.05) is 13.1 Å². The Kier molecular flexibility index (Phi) is 7.55.